The van der Waals surface area contributed by atoms with E-state index in [2.05, 4.69) is 4.90 Å². The Balaban J connectivity index is 1.61. The van der Waals surface area contributed by atoms with Gasteiger partial charge in [0, 0.05) is 50.9 Å². The van der Waals surface area contributed by atoms with Gasteiger partial charge in [-0.1, -0.05) is 0 Å². The summed E-state index contributed by atoms with van der Waals surface area (Å²) in [6.07, 6.45) is 5.13. The third kappa shape index (κ3) is 4.21. The van der Waals surface area contributed by atoms with Crippen LogP contribution in [0.2, 0.25) is 0 Å². The van der Waals surface area contributed by atoms with E-state index in [1.54, 1.807) is 6.92 Å². The molecule has 0 aromatic rings. The lowest BCUT2D eigenvalue weighted by atomic mass is 9.94. The first-order valence-electron chi connectivity index (χ1n) is 8.90. The molecule has 3 aliphatic rings. The van der Waals surface area contributed by atoms with Crippen LogP contribution in [0.5, 0.6) is 0 Å². The molecule has 0 radical (unpaired) electrons. The molecule has 2 unspecified atom stereocenters. The first-order valence-corrected chi connectivity index (χ1v) is 10.1. The summed E-state index contributed by atoms with van der Waals surface area (Å²) < 4.78 is 5.78. The highest BCUT2D eigenvalue weighted by Crippen LogP contribution is 2.28. The first-order chi connectivity index (χ1) is 11.1. The second-order valence-electron chi connectivity index (χ2n) is 6.92. The van der Waals surface area contributed by atoms with Crippen LogP contribution in [-0.2, 0) is 14.3 Å². The molecule has 3 saturated heterocycles. The molecule has 0 aliphatic carbocycles. The molecule has 130 valence electrons. The Morgan fingerprint density at radius 1 is 1.22 bits per heavy atom. The van der Waals surface area contributed by atoms with Gasteiger partial charge in [0.2, 0.25) is 11.8 Å². The Kier molecular flexibility index (Phi) is 5.85. The minimum atomic E-state index is 0.0811. The van der Waals surface area contributed by atoms with Crippen LogP contribution in [0.1, 0.15) is 39.0 Å². The third-order valence-corrected chi connectivity index (χ3v) is 6.49. The van der Waals surface area contributed by atoms with Crippen LogP contribution in [-0.4, -0.2) is 71.5 Å². The minimum absolute atomic E-state index is 0.0811. The minimum Gasteiger partial charge on any atom is -0.376 e. The van der Waals surface area contributed by atoms with Gasteiger partial charge in [-0.2, -0.15) is 11.8 Å². The first kappa shape index (κ1) is 17.1. The molecule has 0 aromatic carbocycles. The van der Waals surface area contributed by atoms with E-state index in [0.29, 0.717) is 11.9 Å². The van der Waals surface area contributed by atoms with Crippen LogP contribution in [0.4, 0.5) is 0 Å². The molecule has 0 saturated carbocycles. The van der Waals surface area contributed by atoms with E-state index in [9.17, 15) is 9.59 Å². The van der Waals surface area contributed by atoms with Gasteiger partial charge in [0.25, 0.3) is 0 Å². The second kappa shape index (κ2) is 7.88. The molecular weight excluding hydrogens is 312 g/mol. The molecular formula is C17H28N2O3S. The summed E-state index contributed by atoms with van der Waals surface area (Å²) in [4.78, 5) is 28.6. The molecule has 3 fully saturated rings. The van der Waals surface area contributed by atoms with Crippen molar-refractivity contribution in [1.82, 2.24) is 9.80 Å². The molecule has 3 heterocycles. The van der Waals surface area contributed by atoms with Gasteiger partial charge in [-0.15, -0.1) is 0 Å². The molecule has 2 atom stereocenters. The summed E-state index contributed by atoms with van der Waals surface area (Å²) in [5.41, 5.74) is 0. The predicted octanol–water partition coefficient (Wildman–Crippen LogP) is 1.76. The van der Waals surface area contributed by atoms with Gasteiger partial charge in [-0.05, 0) is 37.9 Å². The number of likely N-dealkylation sites (tertiary alicyclic amines) is 1. The highest BCUT2D eigenvalue weighted by Gasteiger charge is 2.35. The molecule has 3 rings (SSSR count). The topological polar surface area (TPSA) is 49.9 Å². The SMILES string of the molecule is CC(=O)N1CCC(C(=O)N(CC2CCCO2)C2CCSC2)CC1. The van der Waals surface area contributed by atoms with Crippen LogP contribution < -0.4 is 0 Å². The summed E-state index contributed by atoms with van der Waals surface area (Å²) in [6, 6.07) is 0.377. The molecule has 0 bridgehead atoms. The molecule has 0 aromatic heterocycles. The number of carbonyl (C=O) groups is 2. The fraction of sp³-hybridized carbons (Fsp3) is 0.882. The van der Waals surface area contributed by atoms with E-state index in [0.717, 1.165) is 69.9 Å². The lowest BCUT2D eigenvalue weighted by molar-refractivity contribution is -0.143. The van der Waals surface area contributed by atoms with E-state index in [4.69, 9.17) is 4.74 Å². The van der Waals surface area contributed by atoms with Crippen LogP contribution >= 0.6 is 11.8 Å². The van der Waals surface area contributed by atoms with E-state index in [-0.39, 0.29) is 17.9 Å². The van der Waals surface area contributed by atoms with E-state index in [1.807, 2.05) is 16.7 Å². The van der Waals surface area contributed by atoms with Crippen molar-refractivity contribution in [2.45, 2.75) is 51.2 Å². The fourth-order valence-electron chi connectivity index (χ4n) is 3.87. The zero-order valence-electron chi connectivity index (χ0n) is 14.0. The Morgan fingerprint density at radius 2 is 2.00 bits per heavy atom. The van der Waals surface area contributed by atoms with Crippen molar-refractivity contribution in [3.8, 4) is 0 Å². The zero-order chi connectivity index (χ0) is 16.2. The molecule has 0 N–H and O–H groups in total. The summed E-state index contributed by atoms with van der Waals surface area (Å²) in [6.45, 7) is 4.65. The maximum Gasteiger partial charge on any atom is 0.226 e. The lowest BCUT2D eigenvalue weighted by Gasteiger charge is -2.37. The van der Waals surface area contributed by atoms with Crippen molar-refractivity contribution < 1.29 is 14.3 Å². The number of ether oxygens (including phenoxy) is 1. The molecule has 0 spiro atoms. The average molecular weight is 340 g/mol. The maximum atomic E-state index is 13.1. The largest absolute Gasteiger partial charge is 0.376 e. The van der Waals surface area contributed by atoms with Crippen molar-refractivity contribution >= 4 is 23.6 Å². The molecule has 2 amide bonds. The van der Waals surface area contributed by atoms with Gasteiger partial charge in [0.1, 0.15) is 0 Å². The monoisotopic (exact) mass is 340 g/mol. The lowest BCUT2D eigenvalue weighted by Crippen LogP contribution is -2.49. The van der Waals surface area contributed by atoms with Crippen LogP contribution in [0.15, 0.2) is 0 Å². The highest BCUT2D eigenvalue weighted by molar-refractivity contribution is 7.99. The van der Waals surface area contributed by atoms with Crippen molar-refractivity contribution in [2.24, 2.45) is 5.92 Å². The van der Waals surface area contributed by atoms with Crippen LogP contribution in [0.3, 0.4) is 0 Å². The second-order valence-corrected chi connectivity index (χ2v) is 8.07. The number of hydrogen-bond donors (Lipinski definition) is 0. The van der Waals surface area contributed by atoms with E-state index >= 15 is 0 Å². The average Bonchev–Trinajstić information content (AvgIpc) is 3.25. The number of carbonyl (C=O) groups excluding carboxylic acids is 2. The van der Waals surface area contributed by atoms with E-state index < -0.39 is 0 Å². The van der Waals surface area contributed by atoms with Gasteiger partial charge >= 0.3 is 0 Å². The molecule has 6 heteroatoms. The van der Waals surface area contributed by atoms with Gasteiger partial charge in [0.05, 0.1) is 6.10 Å². The Bertz CT molecular complexity index is 426. The van der Waals surface area contributed by atoms with Gasteiger partial charge in [-0.25, -0.2) is 0 Å². The summed E-state index contributed by atoms with van der Waals surface area (Å²) in [5, 5.41) is 0. The Labute approximate surface area is 143 Å². The number of hydrogen-bond acceptors (Lipinski definition) is 4. The zero-order valence-corrected chi connectivity index (χ0v) is 14.9. The number of rotatable bonds is 4. The maximum absolute atomic E-state index is 13.1. The van der Waals surface area contributed by atoms with Crippen molar-refractivity contribution in [2.75, 3.05) is 37.7 Å². The van der Waals surface area contributed by atoms with Gasteiger partial charge < -0.3 is 14.5 Å². The number of piperidine rings is 1. The predicted molar refractivity (Wildman–Crippen MR) is 91.4 cm³/mol. The number of nitrogens with zero attached hydrogens (tertiary/aromatic N) is 2. The summed E-state index contributed by atoms with van der Waals surface area (Å²) in [7, 11) is 0. The standard InChI is InChI=1S/C17H28N2O3S/c1-13(20)18-7-4-14(5-8-18)17(21)19(15-6-10-23-12-15)11-16-3-2-9-22-16/h14-16H,2-12H2,1H3. The fourth-order valence-corrected chi connectivity index (χ4v) is 5.09. The van der Waals surface area contributed by atoms with Crippen LogP contribution in [0, 0.1) is 5.92 Å². The van der Waals surface area contributed by atoms with Gasteiger partial charge in [-0.3, -0.25) is 9.59 Å². The number of amides is 2. The summed E-state index contributed by atoms with van der Waals surface area (Å²) in [5.74, 6) is 2.72. The quantitative estimate of drug-likeness (QED) is 0.782. The van der Waals surface area contributed by atoms with Crippen molar-refractivity contribution in [3.05, 3.63) is 0 Å². The van der Waals surface area contributed by atoms with Crippen molar-refractivity contribution in [1.29, 1.82) is 0 Å². The Hall–Kier alpha value is -0.750. The Morgan fingerprint density at radius 3 is 2.57 bits per heavy atom. The van der Waals surface area contributed by atoms with Crippen molar-refractivity contribution in [3.63, 3.8) is 0 Å². The third-order valence-electron chi connectivity index (χ3n) is 5.34. The summed E-state index contributed by atoms with van der Waals surface area (Å²) >= 11 is 1.95. The van der Waals surface area contributed by atoms with Gasteiger partial charge in [0.15, 0.2) is 0 Å². The molecule has 3 aliphatic heterocycles. The number of thioether (sulfide) groups is 1. The molecule has 23 heavy (non-hydrogen) atoms. The van der Waals surface area contributed by atoms with Crippen LogP contribution in [0.25, 0.3) is 0 Å². The molecule has 5 nitrogen and oxygen atoms in total. The smallest absolute Gasteiger partial charge is 0.226 e. The highest BCUT2D eigenvalue weighted by atomic mass is 32.2. The normalized spacial score (nSPS) is 29.0. The van der Waals surface area contributed by atoms with E-state index in [1.165, 1.54) is 0 Å².